The molecule has 2 saturated carbocycles. The molecule has 1 aromatic carbocycles. The van der Waals surface area contributed by atoms with Crippen molar-refractivity contribution < 1.29 is 10.2 Å². The van der Waals surface area contributed by atoms with Gasteiger partial charge in [-0.1, -0.05) is 58.4 Å². The summed E-state index contributed by atoms with van der Waals surface area (Å²) in [7, 11) is 0. The molecule has 0 aliphatic heterocycles. The Hall–Kier alpha value is -1.18. The lowest BCUT2D eigenvalue weighted by atomic mass is 9.93. The molecule has 0 saturated heterocycles. The van der Waals surface area contributed by atoms with E-state index in [2.05, 4.69) is 13.8 Å². The van der Waals surface area contributed by atoms with Gasteiger partial charge in [0.15, 0.2) is 11.5 Å². The number of unbranched alkanes of at least 4 members (excludes halogenated alkanes) is 5. The first-order valence-electron chi connectivity index (χ1n) is 12.0. The second kappa shape index (κ2) is 9.55. The summed E-state index contributed by atoms with van der Waals surface area (Å²) >= 11 is 0. The Morgan fingerprint density at radius 1 is 0.786 bits per heavy atom. The van der Waals surface area contributed by atoms with E-state index in [4.69, 9.17) is 0 Å². The molecule has 2 heteroatoms. The molecule has 3 rings (SSSR count). The average Bonchev–Trinajstić information content (AvgIpc) is 3.61. The minimum Gasteiger partial charge on any atom is -0.504 e. The van der Waals surface area contributed by atoms with Crippen LogP contribution in [-0.4, -0.2) is 10.2 Å². The molecule has 0 radical (unpaired) electrons. The third-order valence-corrected chi connectivity index (χ3v) is 7.78. The molecule has 2 N–H and O–H groups in total. The third-order valence-electron chi connectivity index (χ3n) is 7.78. The molecule has 28 heavy (non-hydrogen) atoms. The predicted molar refractivity (Wildman–Crippen MR) is 118 cm³/mol. The fourth-order valence-corrected chi connectivity index (χ4v) is 4.80. The van der Waals surface area contributed by atoms with Gasteiger partial charge in [0.1, 0.15) is 0 Å². The molecule has 0 heterocycles. The highest BCUT2D eigenvalue weighted by molar-refractivity contribution is 5.49. The summed E-state index contributed by atoms with van der Waals surface area (Å²) in [6.45, 7) is 4.75. The Morgan fingerprint density at radius 3 is 2.11 bits per heavy atom. The number of phenolic OH excluding ortho intramolecular Hbond substituents is 2. The van der Waals surface area contributed by atoms with Crippen LogP contribution in [0.25, 0.3) is 0 Å². The summed E-state index contributed by atoms with van der Waals surface area (Å²) in [5, 5.41) is 20.3. The van der Waals surface area contributed by atoms with E-state index in [9.17, 15) is 10.2 Å². The number of benzene rings is 1. The molecular formula is C26H42O2. The second-order valence-corrected chi connectivity index (χ2v) is 10.2. The number of rotatable bonds is 14. The molecular weight excluding hydrogens is 344 g/mol. The first kappa shape index (κ1) is 21.5. The highest BCUT2D eigenvalue weighted by atomic mass is 16.3. The van der Waals surface area contributed by atoms with Gasteiger partial charge in [-0.3, -0.25) is 0 Å². The molecule has 0 bridgehead atoms. The van der Waals surface area contributed by atoms with Crippen LogP contribution in [0.3, 0.4) is 0 Å². The molecule has 0 unspecified atom stereocenters. The lowest BCUT2D eigenvalue weighted by Gasteiger charge is -2.14. The number of phenols is 2. The lowest BCUT2D eigenvalue weighted by Crippen LogP contribution is -1.99. The van der Waals surface area contributed by atoms with Crippen LogP contribution in [0.2, 0.25) is 0 Å². The maximum absolute atomic E-state index is 10.4. The Morgan fingerprint density at radius 2 is 1.43 bits per heavy atom. The Bertz CT molecular complexity index is 626. The van der Waals surface area contributed by atoms with E-state index in [1.165, 1.54) is 89.0 Å². The first-order chi connectivity index (χ1) is 13.5. The van der Waals surface area contributed by atoms with Crippen LogP contribution < -0.4 is 0 Å². The molecule has 0 spiro atoms. The standard InChI is InChI=1S/C26H42O2/c1-3-26(19-20-26)16-10-5-4-8-12-22-21(13-14-23(27)24(22)28)11-7-6-9-15-25(2)17-18-25/h13-14,27-28H,3-12,15-20H2,1-2H3. The highest BCUT2D eigenvalue weighted by Crippen LogP contribution is 2.52. The maximum Gasteiger partial charge on any atom is 0.160 e. The zero-order chi connectivity index (χ0) is 20.0. The van der Waals surface area contributed by atoms with E-state index in [1.807, 2.05) is 6.07 Å². The van der Waals surface area contributed by atoms with Crippen LogP contribution in [0.5, 0.6) is 11.5 Å². The van der Waals surface area contributed by atoms with Gasteiger partial charge in [0.25, 0.3) is 0 Å². The van der Waals surface area contributed by atoms with Gasteiger partial charge in [-0.2, -0.15) is 0 Å². The monoisotopic (exact) mass is 386 g/mol. The lowest BCUT2D eigenvalue weighted by molar-refractivity contribution is 0.396. The Kier molecular flexibility index (Phi) is 7.34. The molecule has 2 nitrogen and oxygen atoms in total. The molecule has 1 aromatic rings. The zero-order valence-electron chi connectivity index (χ0n) is 18.4. The van der Waals surface area contributed by atoms with Gasteiger partial charge in [-0.25, -0.2) is 0 Å². The molecule has 2 fully saturated rings. The van der Waals surface area contributed by atoms with Crippen LogP contribution >= 0.6 is 0 Å². The van der Waals surface area contributed by atoms with Crippen LogP contribution in [0, 0.1) is 10.8 Å². The third kappa shape index (κ3) is 6.16. The number of aromatic hydroxyl groups is 2. The fraction of sp³-hybridized carbons (Fsp3) is 0.769. The van der Waals surface area contributed by atoms with E-state index in [1.54, 1.807) is 6.07 Å². The zero-order valence-corrected chi connectivity index (χ0v) is 18.4. The van der Waals surface area contributed by atoms with Crippen molar-refractivity contribution in [3.8, 4) is 11.5 Å². The summed E-state index contributed by atoms with van der Waals surface area (Å²) in [4.78, 5) is 0. The average molecular weight is 387 g/mol. The number of hydrogen-bond donors (Lipinski definition) is 2. The van der Waals surface area contributed by atoms with Crippen molar-refractivity contribution in [1.82, 2.24) is 0 Å². The van der Waals surface area contributed by atoms with Crippen molar-refractivity contribution in [2.45, 2.75) is 117 Å². The van der Waals surface area contributed by atoms with Gasteiger partial charge in [0.05, 0.1) is 0 Å². The molecule has 0 amide bonds. The van der Waals surface area contributed by atoms with Crippen LogP contribution in [0.1, 0.15) is 115 Å². The van der Waals surface area contributed by atoms with Gasteiger partial charge in [-0.05, 0) is 86.7 Å². The molecule has 158 valence electrons. The van der Waals surface area contributed by atoms with Gasteiger partial charge >= 0.3 is 0 Å². The van der Waals surface area contributed by atoms with Crippen LogP contribution in [-0.2, 0) is 12.8 Å². The van der Waals surface area contributed by atoms with Gasteiger partial charge < -0.3 is 10.2 Å². The largest absolute Gasteiger partial charge is 0.504 e. The van der Waals surface area contributed by atoms with Crippen molar-refractivity contribution in [3.05, 3.63) is 23.3 Å². The van der Waals surface area contributed by atoms with Crippen LogP contribution in [0.15, 0.2) is 12.1 Å². The van der Waals surface area contributed by atoms with E-state index in [0.717, 1.165) is 24.8 Å². The van der Waals surface area contributed by atoms with Crippen molar-refractivity contribution in [2.75, 3.05) is 0 Å². The summed E-state index contributed by atoms with van der Waals surface area (Å²) in [5.41, 5.74) is 3.63. The summed E-state index contributed by atoms with van der Waals surface area (Å²) in [5.74, 6) is 0.171. The van der Waals surface area contributed by atoms with Crippen LogP contribution in [0.4, 0.5) is 0 Å². The summed E-state index contributed by atoms with van der Waals surface area (Å²) in [6, 6.07) is 3.70. The van der Waals surface area contributed by atoms with Crippen molar-refractivity contribution in [3.63, 3.8) is 0 Å². The van der Waals surface area contributed by atoms with Gasteiger partial charge in [0, 0.05) is 5.56 Å². The molecule has 2 aliphatic carbocycles. The van der Waals surface area contributed by atoms with E-state index in [-0.39, 0.29) is 11.5 Å². The van der Waals surface area contributed by atoms with E-state index >= 15 is 0 Å². The van der Waals surface area contributed by atoms with Crippen molar-refractivity contribution >= 4 is 0 Å². The van der Waals surface area contributed by atoms with Crippen molar-refractivity contribution in [2.24, 2.45) is 10.8 Å². The molecule has 0 atom stereocenters. The van der Waals surface area contributed by atoms with E-state index < -0.39 is 0 Å². The number of hydrogen-bond acceptors (Lipinski definition) is 2. The van der Waals surface area contributed by atoms with Crippen molar-refractivity contribution in [1.29, 1.82) is 0 Å². The summed E-state index contributed by atoms with van der Waals surface area (Å²) < 4.78 is 0. The second-order valence-electron chi connectivity index (χ2n) is 10.2. The normalized spacial score (nSPS) is 18.9. The summed E-state index contributed by atoms with van der Waals surface area (Å²) in [6.07, 6.45) is 20.6. The number of aryl methyl sites for hydroxylation is 1. The van der Waals surface area contributed by atoms with Gasteiger partial charge in [-0.15, -0.1) is 0 Å². The highest BCUT2D eigenvalue weighted by Gasteiger charge is 2.39. The minimum absolute atomic E-state index is 0.0408. The Labute approximate surface area is 172 Å². The smallest absolute Gasteiger partial charge is 0.160 e. The van der Waals surface area contributed by atoms with E-state index in [0.29, 0.717) is 10.8 Å². The molecule has 2 aliphatic rings. The predicted octanol–water partition coefficient (Wildman–Crippen LogP) is 7.68. The quantitative estimate of drug-likeness (QED) is 0.254. The maximum atomic E-state index is 10.4. The fourth-order valence-electron chi connectivity index (χ4n) is 4.80. The van der Waals surface area contributed by atoms with Gasteiger partial charge in [0.2, 0.25) is 0 Å². The molecule has 0 aromatic heterocycles. The minimum atomic E-state index is 0.0408. The topological polar surface area (TPSA) is 40.5 Å². The first-order valence-corrected chi connectivity index (χ1v) is 12.0. The SMILES string of the molecule is CCC1(CCCCCCc2c(CCCCCC3(C)CC3)ccc(O)c2O)CC1. The Balaban J connectivity index is 1.38.